The van der Waals surface area contributed by atoms with E-state index in [-0.39, 0.29) is 5.44 Å². The van der Waals surface area contributed by atoms with Crippen molar-refractivity contribution in [1.29, 1.82) is 0 Å². The minimum atomic E-state index is -2.48. The second-order valence-corrected chi connectivity index (χ2v) is 7.13. The van der Waals surface area contributed by atoms with E-state index in [1.807, 2.05) is 20.8 Å². The number of hydrogen-bond donors (Lipinski definition) is 1. The van der Waals surface area contributed by atoms with Gasteiger partial charge in [0.1, 0.15) is 0 Å². The van der Waals surface area contributed by atoms with E-state index in [0.29, 0.717) is 26.4 Å². The van der Waals surface area contributed by atoms with E-state index in [4.69, 9.17) is 18.0 Å². The SMILES string of the molecule is CCO[Si](CCCOC(S)CC)(OCC)OCC. The molecule has 4 nitrogen and oxygen atoms in total. The highest BCUT2D eigenvalue weighted by molar-refractivity contribution is 7.80. The average Bonchev–Trinajstić information content (AvgIpc) is 2.35. The summed E-state index contributed by atoms with van der Waals surface area (Å²) in [5.74, 6) is 0. The van der Waals surface area contributed by atoms with Gasteiger partial charge in [-0.15, -0.1) is 12.6 Å². The molecule has 0 aliphatic carbocycles. The van der Waals surface area contributed by atoms with Crippen LogP contribution in [0.25, 0.3) is 0 Å². The minimum absolute atomic E-state index is 0.0207. The summed E-state index contributed by atoms with van der Waals surface area (Å²) < 4.78 is 22.8. The minimum Gasteiger partial charge on any atom is -0.374 e. The maximum atomic E-state index is 5.76. The predicted molar refractivity (Wildman–Crippen MR) is 79.1 cm³/mol. The summed E-state index contributed by atoms with van der Waals surface area (Å²) in [6, 6.07) is 0.798. The van der Waals surface area contributed by atoms with E-state index in [1.54, 1.807) is 0 Å². The number of hydrogen-bond acceptors (Lipinski definition) is 5. The fourth-order valence-corrected chi connectivity index (χ4v) is 4.31. The molecule has 0 saturated carbocycles. The van der Waals surface area contributed by atoms with Crippen LogP contribution in [0.15, 0.2) is 0 Å². The fraction of sp³-hybridized carbons (Fsp3) is 1.00. The Morgan fingerprint density at radius 1 is 0.944 bits per heavy atom. The van der Waals surface area contributed by atoms with Crippen LogP contribution in [0.2, 0.25) is 6.04 Å². The lowest BCUT2D eigenvalue weighted by molar-refractivity contribution is 0.0638. The highest BCUT2D eigenvalue weighted by Crippen LogP contribution is 2.18. The Morgan fingerprint density at radius 3 is 1.83 bits per heavy atom. The van der Waals surface area contributed by atoms with E-state index >= 15 is 0 Å². The average molecular weight is 297 g/mol. The third kappa shape index (κ3) is 7.76. The predicted octanol–water partition coefficient (Wildman–Crippen LogP) is 3.11. The van der Waals surface area contributed by atoms with Crippen LogP contribution in [0.3, 0.4) is 0 Å². The molecule has 0 saturated heterocycles. The Morgan fingerprint density at radius 2 is 1.44 bits per heavy atom. The van der Waals surface area contributed by atoms with Gasteiger partial charge in [0.15, 0.2) is 0 Å². The van der Waals surface area contributed by atoms with Gasteiger partial charge in [-0.05, 0) is 33.6 Å². The lowest BCUT2D eigenvalue weighted by Gasteiger charge is -2.28. The molecule has 1 atom stereocenters. The molecule has 0 spiro atoms. The van der Waals surface area contributed by atoms with Gasteiger partial charge in [0.2, 0.25) is 0 Å². The summed E-state index contributed by atoms with van der Waals surface area (Å²) in [5.41, 5.74) is 0.0207. The van der Waals surface area contributed by atoms with Gasteiger partial charge in [-0.3, -0.25) is 0 Å². The first-order valence-corrected chi connectivity index (χ1v) is 9.30. The molecule has 0 amide bonds. The molecule has 0 fully saturated rings. The van der Waals surface area contributed by atoms with Crippen molar-refractivity contribution >= 4 is 21.4 Å². The van der Waals surface area contributed by atoms with Crippen LogP contribution in [-0.4, -0.2) is 40.7 Å². The Hall–Kier alpha value is 0.407. The molecule has 0 rings (SSSR count). The topological polar surface area (TPSA) is 36.9 Å². The van der Waals surface area contributed by atoms with Crippen molar-refractivity contribution in [3.05, 3.63) is 0 Å². The van der Waals surface area contributed by atoms with Crippen molar-refractivity contribution in [2.45, 2.75) is 52.0 Å². The largest absolute Gasteiger partial charge is 0.501 e. The van der Waals surface area contributed by atoms with E-state index in [1.165, 1.54) is 0 Å². The first-order chi connectivity index (χ1) is 8.64. The second kappa shape index (κ2) is 11.3. The van der Waals surface area contributed by atoms with Gasteiger partial charge >= 0.3 is 8.80 Å². The molecule has 0 aromatic heterocycles. The van der Waals surface area contributed by atoms with Crippen LogP contribution in [0.4, 0.5) is 0 Å². The van der Waals surface area contributed by atoms with Gasteiger partial charge in [-0.2, -0.15) is 0 Å². The zero-order valence-electron chi connectivity index (χ0n) is 12.1. The zero-order valence-corrected chi connectivity index (χ0v) is 14.0. The molecule has 110 valence electrons. The fourth-order valence-electron chi connectivity index (χ4n) is 1.63. The monoisotopic (exact) mass is 296 g/mol. The molecule has 0 aromatic rings. The van der Waals surface area contributed by atoms with Crippen molar-refractivity contribution in [1.82, 2.24) is 0 Å². The first-order valence-electron chi connectivity index (χ1n) is 6.85. The molecule has 0 heterocycles. The van der Waals surface area contributed by atoms with Crippen LogP contribution in [-0.2, 0) is 18.0 Å². The summed E-state index contributed by atoms with van der Waals surface area (Å²) >= 11 is 4.29. The molecule has 0 aliphatic rings. The molecule has 0 radical (unpaired) electrons. The Labute approximate surface area is 118 Å². The third-order valence-electron chi connectivity index (χ3n) is 2.38. The van der Waals surface area contributed by atoms with E-state index < -0.39 is 8.80 Å². The van der Waals surface area contributed by atoms with Crippen LogP contribution in [0.5, 0.6) is 0 Å². The lowest BCUT2D eigenvalue weighted by Crippen LogP contribution is -2.46. The maximum Gasteiger partial charge on any atom is 0.501 e. The van der Waals surface area contributed by atoms with Gasteiger partial charge in [-0.25, -0.2) is 0 Å². The lowest BCUT2D eigenvalue weighted by atomic mass is 10.5. The smallest absolute Gasteiger partial charge is 0.374 e. The van der Waals surface area contributed by atoms with Crippen LogP contribution >= 0.6 is 12.6 Å². The summed E-state index contributed by atoms with van der Waals surface area (Å²) in [7, 11) is -2.48. The summed E-state index contributed by atoms with van der Waals surface area (Å²) in [6.45, 7) is 10.5. The van der Waals surface area contributed by atoms with Gasteiger partial charge in [-0.1, -0.05) is 6.92 Å². The summed E-state index contributed by atoms with van der Waals surface area (Å²) in [5, 5.41) is 0. The highest BCUT2D eigenvalue weighted by atomic mass is 32.1. The third-order valence-corrected chi connectivity index (χ3v) is 6.05. The van der Waals surface area contributed by atoms with Gasteiger partial charge in [0, 0.05) is 32.5 Å². The van der Waals surface area contributed by atoms with Crippen molar-refractivity contribution in [3.63, 3.8) is 0 Å². The van der Waals surface area contributed by atoms with Crippen LogP contribution in [0.1, 0.15) is 40.5 Å². The van der Waals surface area contributed by atoms with Gasteiger partial charge < -0.3 is 18.0 Å². The van der Waals surface area contributed by atoms with Gasteiger partial charge in [0.25, 0.3) is 0 Å². The molecule has 6 heteroatoms. The standard InChI is InChI=1S/C12H28O4SSi/c1-5-12(17)13-10-9-11-18(14-6-2,15-7-3)16-8-4/h12,17H,5-11H2,1-4H3. The van der Waals surface area contributed by atoms with Gasteiger partial charge in [0.05, 0.1) is 5.44 Å². The van der Waals surface area contributed by atoms with Crippen molar-refractivity contribution in [3.8, 4) is 0 Å². The van der Waals surface area contributed by atoms with E-state index in [0.717, 1.165) is 18.9 Å². The molecule has 0 bridgehead atoms. The number of ether oxygens (including phenoxy) is 1. The number of thiol groups is 1. The number of rotatable bonds is 12. The van der Waals surface area contributed by atoms with Crippen molar-refractivity contribution in [2.24, 2.45) is 0 Å². The quantitative estimate of drug-likeness (QED) is 0.260. The zero-order chi connectivity index (χ0) is 13.9. The Balaban J connectivity index is 4.12. The summed E-state index contributed by atoms with van der Waals surface area (Å²) in [6.07, 6.45) is 1.79. The molecular formula is C12H28O4SSi. The first kappa shape index (κ1) is 18.4. The molecule has 0 aliphatic heterocycles. The molecule has 0 aromatic carbocycles. The molecular weight excluding hydrogens is 268 g/mol. The van der Waals surface area contributed by atoms with E-state index in [9.17, 15) is 0 Å². The maximum absolute atomic E-state index is 5.76. The van der Waals surface area contributed by atoms with Crippen molar-refractivity contribution in [2.75, 3.05) is 26.4 Å². The Bertz CT molecular complexity index is 178. The molecule has 1 unspecified atom stereocenters. The van der Waals surface area contributed by atoms with Crippen LogP contribution in [0, 0.1) is 0 Å². The highest BCUT2D eigenvalue weighted by Gasteiger charge is 2.39. The van der Waals surface area contributed by atoms with Crippen molar-refractivity contribution < 1.29 is 18.0 Å². The molecule has 18 heavy (non-hydrogen) atoms. The summed E-state index contributed by atoms with van der Waals surface area (Å²) in [4.78, 5) is 0. The molecule has 0 N–H and O–H groups in total. The van der Waals surface area contributed by atoms with E-state index in [2.05, 4.69) is 19.6 Å². The Kier molecular flexibility index (Phi) is 11.5. The second-order valence-electron chi connectivity index (χ2n) is 3.82. The normalized spacial score (nSPS) is 13.8. The van der Waals surface area contributed by atoms with Crippen LogP contribution < -0.4 is 0 Å².